The summed E-state index contributed by atoms with van der Waals surface area (Å²) in [4.78, 5) is 14.3. The summed E-state index contributed by atoms with van der Waals surface area (Å²) in [7, 11) is 0. The van der Waals surface area contributed by atoms with Gasteiger partial charge in [-0.2, -0.15) is 0 Å². The highest BCUT2D eigenvalue weighted by Gasteiger charge is 2.18. The van der Waals surface area contributed by atoms with Gasteiger partial charge in [-0.15, -0.1) is 0 Å². The average Bonchev–Trinajstić information content (AvgIpc) is 2.78. The number of piperidine rings is 1. The number of benzene rings is 2. The van der Waals surface area contributed by atoms with Crippen LogP contribution in [0.15, 0.2) is 48.5 Å². The molecule has 156 valence electrons. The molecule has 1 N–H and O–H groups in total. The van der Waals surface area contributed by atoms with Gasteiger partial charge in [0.15, 0.2) is 18.1 Å². The van der Waals surface area contributed by atoms with Gasteiger partial charge in [0.05, 0.1) is 6.61 Å². The molecule has 1 saturated heterocycles. The second kappa shape index (κ2) is 10.9. The lowest BCUT2D eigenvalue weighted by molar-refractivity contribution is -0.134. The maximum Gasteiger partial charge on any atom is 0.260 e. The summed E-state index contributed by atoms with van der Waals surface area (Å²) >= 11 is 0. The van der Waals surface area contributed by atoms with Gasteiger partial charge < -0.3 is 19.7 Å². The van der Waals surface area contributed by atoms with E-state index in [1.807, 2.05) is 36.1 Å². The van der Waals surface area contributed by atoms with Crippen LogP contribution in [0.4, 0.5) is 0 Å². The molecule has 5 nitrogen and oxygen atoms in total. The number of carbonyl (C=O) groups excluding carboxylic acids is 1. The largest absolute Gasteiger partial charge is 0.490 e. The lowest BCUT2D eigenvalue weighted by Gasteiger charge is -2.26. The van der Waals surface area contributed by atoms with Crippen LogP contribution < -0.4 is 14.8 Å². The fraction of sp³-hybridized carbons (Fsp3) is 0.458. The van der Waals surface area contributed by atoms with Crippen LogP contribution >= 0.6 is 0 Å². The molecule has 0 aliphatic carbocycles. The molecule has 1 atom stereocenters. The van der Waals surface area contributed by atoms with E-state index >= 15 is 0 Å². The molecule has 1 unspecified atom stereocenters. The van der Waals surface area contributed by atoms with Gasteiger partial charge >= 0.3 is 0 Å². The second-order valence-corrected chi connectivity index (χ2v) is 7.46. The first-order valence-electron chi connectivity index (χ1n) is 10.6. The molecule has 29 heavy (non-hydrogen) atoms. The molecule has 1 aliphatic heterocycles. The van der Waals surface area contributed by atoms with Crippen LogP contribution in [0, 0.1) is 0 Å². The minimum absolute atomic E-state index is 0.0505. The van der Waals surface area contributed by atoms with E-state index < -0.39 is 0 Å². The Morgan fingerprint density at radius 2 is 1.79 bits per heavy atom. The molecule has 5 heteroatoms. The Bertz CT molecular complexity index is 773. The molecule has 1 heterocycles. The maximum atomic E-state index is 12.4. The summed E-state index contributed by atoms with van der Waals surface area (Å²) in [5, 5.41) is 3.54. The number of likely N-dealkylation sites (tertiary alicyclic amines) is 1. The van der Waals surface area contributed by atoms with Crippen LogP contribution in [0.1, 0.15) is 50.3 Å². The third kappa shape index (κ3) is 6.23. The zero-order valence-electron chi connectivity index (χ0n) is 17.5. The van der Waals surface area contributed by atoms with E-state index in [1.165, 1.54) is 12.0 Å². The lowest BCUT2D eigenvalue weighted by atomic mass is 10.1. The zero-order chi connectivity index (χ0) is 20.5. The molecular formula is C24H32N2O3. The summed E-state index contributed by atoms with van der Waals surface area (Å²) in [6.45, 7) is 7.11. The molecule has 2 aromatic rings. The van der Waals surface area contributed by atoms with Crippen molar-refractivity contribution in [1.82, 2.24) is 10.2 Å². The molecule has 0 spiro atoms. The SMILES string of the molecule is CCOc1cc(CNC(C)c2ccccc2)ccc1OCC(=O)N1CCCCC1. The topological polar surface area (TPSA) is 50.8 Å². The van der Waals surface area contributed by atoms with E-state index in [0.29, 0.717) is 18.1 Å². The highest BCUT2D eigenvalue weighted by atomic mass is 16.5. The van der Waals surface area contributed by atoms with Crippen molar-refractivity contribution in [3.63, 3.8) is 0 Å². The van der Waals surface area contributed by atoms with E-state index in [1.54, 1.807) is 0 Å². The van der Waals surface area contributed by atoms with Crippen molar-refractivity contribution in [2.75, 3.05) is 26.3 Å². The number of rotatable bonds is 9. The molecule has 1 aliphatic rings. The molecule has 0 radical (unpaired) electrons. The van der Waals surface area contributed by atoms with Crippen molar-refractivity contribution < 1.29 is 14.3 Å². The Morgan fingerprint density at radius 1 is 1.03 bits per heavy atom. The molecule has 1 fully saturated rings. The van der Waals surface area contributed by atoms with Gasteiger partial charge in [0.2, 0.25) is 0 Å². The highest BCUT2D eigenvalue weighted by molar-refractivity contribution is 5.78. The van der Waals surface area contributed by atoms with Crippen LogP contribution in [0.2, 0.25) is 0 Å². The first-order chi connectivity index (χ1) is 14.2. The van der Waals surface area contributed by atoms with Crippen molar-refractivity contribution in [3.8, 4) is 11.5 Å². The molecule has 0 saturated carbocycles. The molecular weight excluding hydrogens is 364 g/mol. The van der Waals surface area contributed by atoms with Crippen molar-refractivity contribution in [2.24, 2.45) is 0 Å². The minimum Gasteiger partial charge on any atom is -0.490 e. The van der Waals surface area contributed by atoms with Crippen LogP contribution in [0.25, 0.3) is 0 Å². The standard InChI is InChI=1S/C24H32N2O3/c1-3-28-23-16-20(17-25-19(2)21-10-6-4-7-11-21)12-13-22(23)29-18-24(27)26-14-8-5-9-15-26/h4,6-7,10-13,16,19,25H,3,5,8-9,14-15,17-18H2,1-2H3. The predicted molar refractivity (Wildman–Crippen MR) is 115 cm³/mol. The third-order valence-electron chi connectivity index (χ3n) is 5.28. The van der Waals surface area contributed by atoms with Crippen molar-refractivity contribution in [1.29, 1.82) is 0 Å². The second-order valence-electron chi connectivity index (χ2n) is 7.46. The minimum atomic E-state index is 0.0505. The lowest BCUT2D eigenvalue weighted by Crippen LogP contribution is -2.38. The van der Waals surface area contributed by atoms with E-state index in [-0.39, 0.29) is 18.6 Å². The average molecular weight is 397 g/mol. The fourth-order valence-corrected chi connectivity index (χ4v) is 3.55. The Balaban J connectivity index is 1.58. The predicted octanol–water partition coefficient (Wildman–Crippen LogP) is 4.33. The molecule has 0 bridgehead atoms. The Labute approximate surface area is 174 Å². The molecule has 1 amide bonds. The fourth-order valence-electron chi connectivity index (χ4n) is 3.55. The highest BCUT2D eigenvalue weighted by Crippen LogP contribution is 2.29. The van der Waals surface area contributed by atoms with Gasteiger partial charge in [-0.1, -0.05) is 36.4 Å². The summed E-state index contributed by atoms with van der Waals surface area (Å²) in [6.07, 6.45) is 3.37. The molecule has 2 aromatic carbocycles. The van der Waals surface area contributed by atoms with Gasteiger partial charge in [-0.25, -0.2) is 0 Å². The van der Waals surface area contributed by atoms with Gasteiger partial charge in [-0.05, 0) is 56.4 Å². The van der Waals surface area contributed by atoms with E-state index in [0.717, 1.165) is 38.0 Å². The van der Waals surface area contributed by atoms with Crippen LogP contribution in [0.3, 0.4) is 0 Å². The summed E-state index contributed by atoms with van der Waals surface area (Å²) < 4.78 is 11.6. The van der Waals surface area contributed by atoms with Gasteiger partial charge in [0.25, 0.3) is 5.91 Å². The summed E-state index contributed by atoms with van der Waals surface area (Å²) in [5.74, 6) is 1.36. The molecule has 3 rings (SSSR count). The number of ether oxygens (including phenoxy) is 2. The smallest absolute Gasteiger partial charge is 0.260 e. The number of nitrogens with one attached hydrogen (secondary N) is 1. The summed E-state index contributed by atoms with van der Waals surface area (Å²) in [5.41, 5.74) is 2.37. The maximum absolute atomic E-state index is 12.4. The Hall–Kier alpha value is -2.53. The number of carbonyl (C=O) groups is 1. The van der Waals surface area contributed by atoms with Gasteiger partial charge in [0, 0.05) is 25.7 Å². The first-order valence-corrected chi connectivity index (χ1v) is 10.6. The Morgan fingerprint density at radius 3 is 2.52 bits per heavy atom. The van der Waals surface area contributed by atoms with E-state index in [9.17, 15) is 4.79 Å². The van der Waals surface area contributed by atoms with Crippen molar-refractivity contribution in [2.45, 2.75) is 45.7 Å². The molecule has 0 aromatic heterocycles. The third-order valence-corrected chi connectivity index (χ3v) is 5.28. The number of nitrogens with zero attached hydrogens (tertiary/aromatic N) is 1. The van der Waals surface area contributed by atoms with Crippen LogP contribution in [-0.2, 0) is 11.3 Å². The van der Waals surface area contributed by atoms with Crippen molar-refractivity contribution in [3.05, 3.63) is 59.7 Å². The number of amides is 1. The van der Waals surface area contributed by atoms with E-state index in [2.05, 4.69) is 36.5 Å². The monoisotopic (exact) mass is 396 g/mol. The first kappa shape index (κ1) is 21.2. The van der Waals surface area contributed by atoms with Crippen LogP contribution in [-0.4, -0.2) is 37.1 Å². The van der Waals surface area contributed by atoms with Gasteiger partial charge in [0.1, 0.15) is 0 Å². The summed E-state index contributed by atoms with van der Waals surface area (Å²) in [6, 6.07) is 16.6. The van der Waals surface area contributed by atoms with Gasteiger partial charge in [-0.3, -0.25) is 4.79 Å². The quantitative estimate of drug-likeness (QED) is 0.686. The zero-order valence-corrected chi connectivity index (χ0v) is 17.5. The Kier molecular flexibility index (Phi) is 7.94. The van der Waals surface area contributed by atoms with Crippen molar-refractivity contribution >= 4 is 5.91 Å². The van der Waals surface area contributed by atoms with Crippen LogP contribution in [0.5, 0.6) is 11.5 Å². The van der Waals surface area contributed by atoms with E-state index in [4.69, 9.17) is 9.47 Å². The number of hydrogen-bond donors (Lipinski definition) is 1. The normalized spacial score (nSPS) is 15.0. The number of hydrogen-bond acceptors (Lipinski definition) is 4.